The highest BCUT2D eigenvalue weighted by molar-refractivity contribution is 5.81. The maximum atomic E-state index is 12.5. The van der Waals surface area contributed by atoms with Crippen molar-refractivity contribution in [2.45, 2.75) is 31.3 Å². The van der Waals surface area contributed by atoms with Gasteiger partial charge in [0.05, 0.1) is 12.9 Å². The van der Waals surface area contributed by atoms with E-state index in [-0.39, 0.29) is 24.6 Å². The van der Waals surface area contributed by atoms with E-state index in [2.05, 4.69) is 20.9 Å². The fourth-order valence-electron chi connectivity index (χ4n) is 3.60. The van der Waals surface area contributed by atoms with Gasteiger partial charge in [-0.2, -0.15) is 0 Å². The lowest BCUT2D eigenvalue weighted by Gasteiger charge is -2.27. The molecule has 2 aromatic heterocycles. The molecule has 0 unspecified atom stereocenters. The van der Waals surface area contributed by atoms with Gasteiger partial charge in [0.25, 0.3) is 0 Å². The van der Waals surface area contributed by atoms with Gasteiger partial charge in [0.1, 0.15) is 23.3 Å². The Morgan fingerprint density at radius 1 is 1.34 bits per heavy atom. The Kier molecular flexibility index (Phi) is 5.56. The molecule has 0 aliphatic carbocycles. The maximum Gasteiger partial charge on any atom is 0.514 e. The van der Waals surface area contributed by atoms with Gasteiger partial charge in [-0.25, -0.2) is 19.7 Å². The molecular formula is C21H22N6O5. The first kappa shape index (κ1) is 21.4. The molecule has 1 fully saturated rings. The molecule has 3 heterocycles. The second kappa shape index (κ2) is 8.33. The van der Waals surface area contributed by atoms with Crippen molar-refractivity contribution < 1.29 is 23.7 Å². The highest BCUT2D eigenvalue weighted by Gasteiger charge is 2.52. The second-order valence-corrected chi connectivity index (χ2v) is 7.28. The van der Waals surface area contributed by atoms with Gasteiger partial charge in [-0.05, 0) is 31.2 Å². The number of methoxy groups -OCH3 is 1. The second-order valence-electron chi connectivity index (χ2n) is 7.28. The Bertz CT molecular complexity index is 1190. The van der Waals surface area contributed by atoms with E-state index in [1.165, 1.54) is 13.4 Å². The average Bonchev–Trinajstić information content (AvgIpc) is 3.32. The number of aryl methyl sites for hydroxylation is 1. The van der Waals surface area contributed by atoms with Crippen molar-refractivity contribution >= 4 is 28.8 Å². The van der Waals surface area contributed by atoms with Crippen molar-refractivity contribution in [1.82, 2.24) is 19.5 Å². The number of fused-ring (bicyclic) bond motifs is 1. The molecule has 1 aliphatic heterocycles. The first-order valence-electron chi connectivity index (χ1n) is 9.70. The van der Waals surface area contributed by atoms with E-state index in [0.29, 0.717) is 22.7 Å². The zero-order valence-corrected chi connectivity index (χ0v) is 17.5. The van der Waals surface area contributed by atoms with E-state index in [9.17, 15) is 4.79 Å². The number of ether oxygens (including phenoxy) is 4. The molecule has 4 N–H and O–H groups in total. The van der Waals surface area contributed by atoms with E-state index in [1.54, 1.807) is 35.8 Å². The van der Waals surface area contributed by atoms with Crippen LogP contribution in [0.2, 0.25) is 0 Å². The summed E-state index contributed by atoms with van der Waals surface area (Å²) in [6.07, 6.45) is 5.09. The van der Waals surface area contributed by atoms with Gasteiger partial charge in [0.15, 0.2) is 23.2 Å². The summed E-state index contributed by atoms with van der Waals surface area (Å²) in [6, 6.07) is 6.32. The summed E-state index contributed by atoms with van der Waals surface area (Å²) in [6.45, 7) is 1.71. The average molecular weight is 438 g/mol. The minimum absolute atomic E-state index is 0.0113. The summed E-state index contributed by atoms with van der Waals surface area (Å²) >= 11 is 0. The summed E-state index contributed by atoms with van der Waals surface area (Å²) in [7, 11) is 1.48. The number of hydrogen-bond donors (Lipinski definition) is 2. The fraction of sp³-hybridized carbons (Fsp3) is 0.333. The van der Waals surface area contributed by atoms with Crippen molar-refractivity contribution in [1.29, 1.82) is 0 Å². The standard InChI is InChI=1S/C21H22N6O5/c1-4-21(10-29-3)15(31-20(28)30-14-7-5-13(22)6-8-14)9-16(32-21)27-11-24-17-18(23)25-12(2)26-19(17)27/h1,5-8,11,15-16H,9-10,22H2,2-3H3,(H2,23,25,26)/t15-,16+,21+/m0/s1. The Balaban J connectivity index is 1.60. The number of nitrogen functional groups attached to an aromatic ring is 2. The summed E-state index contributed by atoms with van der Waals surface area (Å²) in [5.74, 6) is 3.59. The third-order valence-corrected chi connectivity index (χ3v) is 5.08. The third-order valence-electron chi connectivity index (χ3n) is 5.08. The number of anilines is 2. The molecule has 0 saturated carbocycles. The van der Waals surface area contributed by atoms with Crippen molar-refractivity contribution in [3.63, 3.8) is 0 Å². The number of nitrogens with two attached hydrogens (primary N) is 2. The summed E-state index contributed by atoms with van der Waals surface area (Å²) in [5, 5.41) is 0. The lowest BCUT2D eigenvalue weighted by Crippen LogP contribution is -2.45. The van der Waals surface area contributed by atoms with Gasteiger partial charge < -0.3 is 30.4 Å². The molecule has 11 heteroatoms. The number of benzene rings is 1. The molecule has 0 bridgehead atoms. The van der Waals surface area contributed by atoms with E-state index < -0.39 is 24.1 Å². The Hall–Kier alpha value is -3.88. The molecule has 0 spiro atoms. The minimum atomic E-state index is -1.34. The highest BCUT2D eigenvalue weighted by atomic mass is 16.7. The lowest BCUT2D eigenvalue weighted by molar-refractivity contribution is -0.102. The molecule has 3 aromatic rings. The molecule has 1 saturated heterocycles. The number of carbonyl (C=O) groups excluding carboxylic acids is 1. The van der Waals surface area contributed by atoms with Crippen molar-refractivity contribution in [2.24, 2.45) is 0 Å². The Morgan fingerprint density at radius 3 is 2.78 bits per heavy atom. The van der Waals surface area contributed by atoms with Gasteiger partial charge in [0.2, 0.25) is 0 Å². The number of aromatic nitrogens is 4. The van der Waals surface area contributed by atoms with E-state index >= 15 is 0 Å². The number of nitrogens with zero attached hydrogens (tertiary/aromatic N) is 4. The monoisotopic (exact) mass is 438 g/mol. The summed E-state index contributed by atoms with van der Waals surface area (Å²) in [4.78, 5) is 25.3. The molecule has 11 nitrogen and oxygen atoms in total. The number of rotatable bonds is 5. The van der Waals surface area contributed by atoms with Crippen molar-refractivity contribution in [3.05, 3.63) is 36.4 Å². The van der Waals surface area contributed by atoms with Gasteiger partial charge >= 0.3 is 6.16 Å². The maximum absolute atomic E-state index is 12.5. The minimum Gasteiger partial charge on any atom is -0.426 e. The summed E-state index contributed by atoms with van der Waals surface area (Å²) < 4.78 is 23.9. The third kappa shape index (κ3) is 3.89. The lowest BCUT2D eigenvalue weighted by atomic mass is 9.98. The molecule has 0 radical (unpaired) electrons. The van der Waals surface area contributed by atoms with Crippen LogP contribution in [0.1, 0.15) is 18.5 Å². The largest absolute Gasteiger partial charge is 0.514 e. The normalized spacial score (nSPS) is 22.5. The predicted octanol–water partition coefficient (Wildman–Crippen LogP) is 1.82. The van der Waals surface area contributed by atoms with Crippen LogP contribution >= 0.6 is 0 Å². The first-order chi connectivity index (χ1) is 15.3. The molecule has 1 aromatic carbocycles. The Morgan fingerprint density at radius 2 is 2.09 bits per heavy atom. The van der Waals surface area contributed by atoms with Gasteiger partial charge in [-0.15, -0.1) is 6.42 Å². The summed E-state index contributed by atoms with van der Waals surface area (Å²) in [5.41, 5.74) is 11.7. The van der Waals surface area contributed by atoms with Crippen LogP contribution in [0.5, 0.6) is 5.75 Å². The van der Waals surface area contributed by atoms with E-state index in [4.69, 9.17) is 36.8 Å². The molecule has 1 aliphatic rings. The van der Waals surface area contributed by atoms with Gasteiger partial charge in [0, 0.05) is 19.2 Å². The van der Waals surface area contributed by atoms with Crippen LogP contribution in [0.3, 0.4) is 0 Å². The predicted molar refractivity (Wildman–Crippen MR) is 114 cm³/mol. The number of imidazole rings is 1. The van der Waals surface area contributed by atoms with Crippen molar-refractivity contribution in [3.8, 4) is 18.1 Å². The Labute approximate surface area is 183 Å². The molecule has 166 valence electrons. The van der Waals surface area contributed by atoms with E-state index in [1.807, 2.05) is 0 Å². The van der Waals surface area contributed by atoms with Crippen LogP contribution < -0.4 is 16.2 Å². The van der Waals surface area contributed by atoms with Crippen molar-refractivity contribution in [2.75, 3.05) is 25.2 Å². The van der Waals surface area contributed by atoms with Crippen LogP contribution in [0.4, 0.5) is 16.3 Å². The zero-order chi connectivity index (χ0) is 22.9. The topological polar surface area (TPSA) is 150 Å². The van der Waals surface area contributed by atoms with Gasteiger partial charge in [-0.3, -0.25) is 4.57 Å². The number of terminal acetylenes is 1. The first-order valence-corrected chi connectivity index (χ1v) is 9.70. The number of hydrogen-bond acceptors (Lipinski definition) is 10. The van der Waals surface area contributed by atoms with Crippen LogP contribution in [-0.4, -0.2) is 51.1 Å². The fourth-order valence-corrected chi connectivity index (χ4v) is 3.60. The quantitative estimate of drug-likeness (QED) is 0.261. The number of carbonyl (C=O) groups is 1. The highest BCUT2D eigenvalue weighted by Crippen LogP contribution is 2.40. The molecule has 32 heavy (non-hydrogen) atoms. The van der Waals surface area contributed by atoms with Crippen LogP contribution in [0, 0.1) is 19.3 Å². The smallest absolute Gasteiger partial charge is 0.426 e. The van der Waals surface area contributed by atoms with Crippen LogP contribution in [-0.2, 0) is 14.2 Å². The zero-order valence-electron chi connectivity index (χ0n) is 17.5. The van der Waals surface area contributed by atoms with Crippen LogP contribution in [0.25, 0.3) is 11.2 Å². The molecular weight excluding hydrogens is 416 g/mol. The van der Waals surface area contributed by atoms with Crippen LogP contribution in [0.15, 0.2) is 30.6 Å². The van der Waals surface area contributed by atoms with E-state index in [0.717, 1.165) is 0 Å². The van der Waals surface area contributed by atoms with Gasteiger partial charge in [-0.1, -0.05) is 5.92 Å². The molecule has 4 rings (SSSR count). The molecule has 0 amide bonds. The SMILES string of the molecule is C#C[C@]1(COC)O[C@@H](n2cnc3c(N)nc(C)nc32)C[C@@H]1OC(=O)Oc1ccc(N)cc1. The molecule has 3 atom stereocenters.